The molecule has 9 rings (SSSR count). The number of fused-ring (bicyclic) bond motifs is 9. The summed E-state index contributed by atoms with van der Waals surface area (Å²) < 4.78 is 11.0. The predicted molar refractivity (Wildman–Crippen MR) is 171 cm³/mol. The third-order valence-electron chi connectivity index (χ3n) is 8.23. The molecule has 0 saturated heterocycles. The first-order chi connectivity index (χ1) is 20.3. The number of hydrogen-bond donors (Lipinski definition) is 0. The molecular formula is C37H20N2OS. The summed E-state index contributed by atoms with van der Waals surface area (Å²) in [6.45, 7) is 0. The lowest BCUT2D eigenvalue weighted by Crippen LogP contribution is -1.94. The second-order valence-electron chi connectivity index (χ2n) is 10.5. The Hall–Kier alpha value is -5.37. The van der Waals surface area contributed by atoms with Crippen LogP contribution in [0.3, 0.4) is 0 Å². The van der Waals surface area contributed by atoms with Gasteiger partial charge in [0.25, 0.3) is 0 Å². The smallest absolute Gasteiger partial charge is 0.136 e. The van der Waals surface area contributed by atoms with Crippen molar-refractivity contribution >= 4 is 75.3 Å². The van der Waals surface area contributed by atoms with Crippen LogP contribution >= 0.6 is 11.3 Å². The average molecular weight is 541 g/mol. The lowest BCUT2D eigenvalue weighted by atomic mass is 10.0. The Bertz CT molecular complexity index is 2560. The summed E-state index contributed by atoms with van der Waals surface area (Å²) in [5.74, 6) is 0. The van der Waals surface area contributed by atoms with Crippen molar-refractivity contribution in [3.8, 4) is 22.9 Å². The molecule has 0 fully saturated rings. The van der Waals surface area contributed by atoms with Gasteiger partial charge in [-0.2, -0.15) is 5.26 Å². The Labute approximate surface area is 238 Å². The molecule has 0 N–H and O–H groups in total. The average Bonchev–Trinajstić information content (AvgIpc) is 3.69. The Morgan fingerprint density at radius 2 is 1.29 bits per heavy atom. The Kier molecular flexibility index (Phi) is 4.55. The van der Waals surface area contributed by atoms with Crippen LogP contribution in [0.1, 0.15) is 5.56 Å². The van der Waals surface area contributed by atoms with E-state index in [-0.39, 0.29) is 0 Å². The lowest BCUT2D eigenvalue weighted by Gasteiger charge is -2.09. The molecule has 4 heteroatoms. The number of rotatable bonds is 2. The van der Waals surface area contributed by atoms with Crippen LogP contribution < -0.4 is 0 Å². The van der Waals surface area contributed by atoms with E-state index in [4.69, 9.17) is 4.42 Å². The van der Waals surface area contributed by atoms with Gasteiger partial charge in [0.15, 0.2) is 0 Å². The molecule has 0 atom stereocenters. The summed E-state index contributed by atoms with van der Waals surface area (Å²) in [5, 5.41) is 16.8. The topological polar surface area (TPSA) is 41.9 Å². The summed E-state index contributed by atoms with van der Waals surface area (Å²) in [5.41, 5.74) is 8.12. The summed E-state index contributed by atoms with van der Waals surface area (Å²) in [6, 6.07) is 44.8. The molecule has 0 aliphatic rings. The van der Waals surface area contributed by atoms with Gasteiger partial charge in [-0.3, -0.25) is 0 Å². The molecule has 3 aromatic heterocycles. The quantitative estimate of drug-likeness (QED) is 0.219. The Balaban J connectivity index is 1.27. The van der Waals surface area contributed by atoms with E-state index in [0.717, 1.165) is 49.6 Å². The van der Waals surface area contributed by atoms with Gasteiger partial charge in [0, 0.05) is 37.0 Å². The van der Waals surface area contributed by atoms with Crippen molar-refractivity contribution in [2.75, 3.05) is 0 Å². The van der Waals surface area contributed by atoms with E-state index in [1.165, 1.54) is 31.1 Å². The van der Waals surface area contributed by atoms with Crippen LogP contribution in [-0.2, 0) is 0 Å². The number of benzene rings is 6. The van der Waals surface area contributed by atoms with Crippen LogP contribution in [-0.4, -0.2) is 4.57 Å². The number of para-hydroxylation sites is 2. The maximum atomic E-state index is 9.65. The predicted octanol–water partition coefficient (Wildman–Crippen LogP) is 10.6. The van der Waals surface area contributed by atoms with Crippen molar-refractivity contribution < 1.29 is 4.42 Å². The highest BCUT2D eigenvalue weighted by atomic mass is 32.1. The van der Waals surface area contributed by atoms with E-state index in [0.29, 0.717) is 5.56 Å². The molecular weight excluding hydrogens is 520 g/mol. The highest BCUT2D eigenvalue weighted by Gasteiger charge is 2.17. The van der Waals surface area contributed by atoms with Crippen molar-refractivity contribution in [2.45, 2.75) is 0 Å². The SMILES string of the molecule is N#Cc1ccc2c3ccccc3n(-c3cccc4c3sc3ccc(-c5ccc6c(c5)oc5ccccc56)cc34)c2c1. The van der Waals surface area contributed by atoms with E-state index in [1.54, 1.807) is 0 Å². The first-order valence-electron chi connectivity index (χ1n) is 13.6. The second kappa shape index (κ2) is 8.32. The molecule has 0 spiro atoms. The molecule has 3 nitrogen and oxygen atoms in total. The molecule has 0 amide bonds. The first kappa shape index (κ1) is 22.4. The minimum absolute atomic E-state index is 0.663. The highest BCUT2D eigenvalue weighted by Crippen LogP contribution is 2.42. The van der Waals surface area contributed by atoms with Crippen molar-refractivity contribution in [1.82, 2.24) is 4.57 Å². The zero-order chi connectivity index (χ0) is 27.1. The maximum Gasteiger partial charge on any atom is 0.136 e. The van der Waals surface area contributed by atoms with E-state index < -0.39 is 0 Å². The third kappa shape index (κ3) is 3.18. The van der Waals surface area contributed by atoms with E-state index in [1.807, 2.05) is 35.6 Å². The summed E-state index contributed by atoms with van der Waals surface area (Å²) >= 11 is 1.82. The molecule has 0 radical (unpaired) electrons. The van der Waals surface area contributed by atoms with E-state index >= 15 is 0 Å². The molecule has 0 unspecified atom stereocenters. The zero-order valence-electron chi connectivity index (χ0n) is 21.8. The fourth-order valence-electron chi connectivity index (χ4n) is 6.34. The standard InChI is InChI=1S/C37H20N2OS/c38-21-22-12-15-26-25-6-1-3-9-31(25)39(33(26)18-22)32-10-5-8-29-30-19-23(14-17-36(30)41-37(29)32)24-13-16-28-27-7-2-4-11-34(27)40-35(28)20-24/h1-20H. The highest BCUT2D eigenvalue weighted by molar-refractivity contribution is 7.26. The van der Waals surface area contributed by atoms with Crippen molar-refractivity contribution in [3.63, 3.8) is 0 Å². The van der Waals surface area contributed by atoms with Crippen LogP contribution in [0.15, 0.2) is 126 Å². The summed E-state index contributed by atoms with van der Waals surface area (Å²) in [6.07, 6.45) is 0. The number of thiophene rings is 1. The Morgan fingerprint density at radius 1 is 0.561 bits per heavy atom. The molecule has 6 aromatic carbocycles. The fraction of sp³-hybridized carbons (Fsp3) is 0. The molecule has 0 saturated carbocycles. The molecule has 0 aliphatic carbocycles. The first-order valence-corrected chi connectivity index (χ1v) is 14.4. The number of nitrogens with zero attached hydrogens (tertiary/aromatic N) is 2. The molecule has 0 aliphatic heterocycles. The van der Waals surface area contributed by atoms with Crippen LogP contribution in [0.5, 0.6) is 0 Å². The van der Waals surface area contributed by atoms with Gasteiger partial charge >= 0.3 is 0 Å². The van der Waals surface area contributed by atoms with Crippen molar-refractivity contribution in [2.24, 2.45) is 0 Å². The van der Waals surface area contributed by atoms with Gasteiger partial charge in [-0.25, -0.2) is 0 Å². The number of aromatic nitrogens is 1. The minimum atomic E-state index is 0.663. The van der Waals surface area contributed by atoms with Gasteiger partial charge in [-0.15, -0.1) is 11.3 Å². The number of hydrogen-bond acceptors (Lipinski definition) is 3. The zero-order valence-corrected chi connectivity index (χ0v) is 22.6. The molecule has 190 valence electrons. The van der Waals surface area contributed by atoms with Gasteiger partial charge in [0.05, 0.1) is 33.1 Å². The van der Waals surface area contributed by atoms with Crippen molar-refractivity contribution in [3.05, 3.63) is 127 Å². The summed E-state index contributed by atoms with van der Waals surface area (Å²) in [7, 11) is 0. The van der Waals surface area contributed by atoms with Crippen LogP contribution in [0.2, 0.25) is 0 Å². The van der Waals surface area contributed by atoms with Gasteiger partial charge < -0.3 is 8.98 Å². The van der Waals surface area contributed by atoms with Crippen molar-refractivity contribution in [1.29, 1.82) is 5.26 Å². The van der Waals surface area contributed by atoms with E-state index in [9.17, 15) is 5.26 Å². The van der Waals surface area contributed by atoms with Gasteiger partial charge in [-0.1, -0.05) is 66.7 Å². The minimum Gasteiger partial charge on any atom is -0.456 e. The van der Waals surface area contributed by atoms with Gasteiger partial charge in [0.1, 0.15) is 11.2 Å². The molecule has 3 heterocycles. The normalized spacial score (nSPS) is 11.9. The van der Waals surface area contributed by atoms with Gasteiger partial charge in [-0.05, 0) is 65.7 Å². The number of nitriles is 1. The van der Waals surface area contributed by atoms with Crippen LogP contribution in [0, 0.1) is 11.3 Å². The van der Waals surface area contributed by atoms with Crippen LogP contribution in [0.25, 0.3) is 80.7 Å². The maximum absolute atomic E-state index is 9.65. The molecule has 0 bridgehead atoms. The van der Waals surface area contributed by atoms with Crippen LogP contribution in [0.4, 0.5) is 0 Å². The van der Waals surface area contributed by atoms with E-state index in [2.05, 4.69) is 108 Å². The third-order valence-corrected chi connectivity index (χ3v) is 9.44. The Morgan fingerprint density at radius 3 is 2.22 bits per heavy atom. The van der Waals surface area contributed by atoms with Gasteiger partial charge in [0.2, 0.25) is 0 Å². The second-order valence-corrected chi connectivity index (χ2v) is 11.5. The lowest BCUT2D eigenvalue weighted by molar-refractivity contribution is 0.669. The fourth-order valence-corrected chi connectivity index (χ4v) is 7.53. The monoisotopic (exact) mass is 540 g/mol. The molecule has 9 aromatic rings. The number of furan rings is 1. The summed E-state index contributed by atoms with van der Waals surface area (Å²) in [4.78, 5) is 0. The largest absolute Gasteiger partial charge is 0.456 e. The molecule has 41 heavy (non-hydrogen) atoms.